The van der Waals surface area contributed by atoms with E-state index in [-0.39, 0.29) is 18.0 Å². The van der Waals surface area contributed by atoms with Crippen molar-refractivity contribution in [1.82, 2.24) is 4.90 Å². The number of carbonyl (C=O) groups excluding carboxylic acids is 1. The number of sulfone groups is 1. The highest BCUT2D eigenvalue weighted by Crippen LogP contribution is 2.43. The lowest BCUT2D eigenvalue weighted by molar-refractivity contribution is 0.104. The summed E-state index contributed by atoms with van der Waals surface area (Å²) >= 11 is 6.36. The largest absolute Gasteiger partial charge is 0.450 e. The predicted octanol–water partition coefficient (Wildman–Crippen LogP) is 4.25. The van der Waals surface area contributed by atoms with Crippen LogP contribution in [0.25, 0.3) is 0 Å². The molecule has 5 nitrogen and oxygen atoms in total. The van der Waals surface area contributed by atoms with Gasteiger partial charge in [-0.05, 0) is 36.3 Å². The fourth-order valence-electron chi connectivity index (χ4n) is 3.37. The first kappa shape index (κ1) is 19.5. The number of nitrogens with zero attached hydrogens (tertiary/aromatic N) is 1. The van der Waals surface area contributed by atoms with Crippen molar-refractivity contribution >= 4 is 27.5 Å². The summed E-state index contributed by atoms with van der Waals surface area (Å²) in [4.78, 5) is 14.1. The lowest BCUT2D eigenvalue weighted by Gasteiger charge is -2.28. The van der Waals surface area contributed by atoms with Crippen molar-refractivity contribution in [2.75, 3.05) is 13.2 Å². The Bertz CT molecular complexity index is 959. The number of likely N-dealkylation sites (tertiary alicyclic amines) is 1. The second kappa shape index (κ2) is 7.74. The predicted molar refractivity (Wildman–Crippen MR) is 104 cm³/mol. The van der Waals surface area contributed by atoms with E-state index in [0.717, 1.165) is 0 Å². The van der Waals surface area contributed by atoms with E-state index in [2.05, 4.69) is 6.58 Å². The topological polar surface area (TPSA) is 63.7 Å². The Labute approximate surface area is 164 Å². The van der Waals surface area contributed by atoms with Gasteiger partial charge in [-0.15, -0.1) is 0 Å². The van der Waals surface area contributed by atoms with Crippen LogP contribution in [-0.2, 0) is 14.6 Å². The molecule has 1 amide bonds. The van der Waals surface area contributed by atoms with E-state index >= 15 is 0 Å². The van der Waals surface area contributed by atoms with Gasteiger partial charge in [0.15, 0.2) is 9.84 Å². The molecule has 0 unspecified atom stereocenters. The molecule has 27 heavy (non-hydrogen) atoms. The maximum Gasteiger partial charge on any atom is 0.410 e. The first-order chi connectivity index (χ1) is 12.9. The fraction of sp³-hybridized carbons (Fsp3) is 0.250. The van der Waals surface area contributed by atoms with Gasteiger partial charge in [-0.3, -0.25) is 4.90 Å². The van der Waals surface area contributed by atoms with Crippen LogP contribution in [0.3, 0.4) is 0 Å². The lowest BCUT2D eigenvalue weighted by atomic mass is 10.0. The molecule has 2 atom stereocenters. The molecule has 3 rings (SSSR count). The van der Waals surface area contributed by atoms with Gasteiger partial charge in [0.2, 0.25) is 0 Å². The Morgan fingerprint density at radius 2 is 1.81 bits per heavy atom. The Morgan fingerprint density at radius 1 is 1.19 bits per heavy atom. The van der Waals surface area contributed by atoms with Gasteiger partial charge in [0.25, 0.3) is 0 Å². The summed E-state index contributed by atoms with van der Waals surface area (Å²) in [6.07, 6.45) is -0.589. The van der Waals surface area contributed by atoms with Crippen LogP contribution in [0.2, 0.25) is 5.02 Å². The highest BCUT2D eigenvalue weighted by atomic mass is 35.5. The zero-order chi connectivity index (χ0) is 19.6. The monoisotopic (exact) mass is 405 g/mol. The SMILES string of the molecule is C=C1CN(C(=O)OCC)[C@H](c2ccccc2Cl)[C@H]1S(=O)(=O)c1ccccc1. The maximum absolute atomic E-state index is 13.4. The van der Waals surface area contributed by atoms with Crippen LogP contribution in [0.5, 0.6) is 0 Å². The smallest absolute Gasteiger partial charge is 0.410 e. The van der Waals surface area contributed by atoms with E-state index in [1.54, 1.807) is 61.5 Å². The van der Waals surface area contributed by atoms with Crippen LogP contribution >= 0.6 is 11.6 Å². The number of halogens is 1. The van der Waals surface area contributed by atoms with Gasteiger partial charge in [0.05, 0.1) is 17.5 Å². The molecule has 0 radical (unpaired) electrons. The highest BCUT2D eigenvalue weighted by Gasteiger charge is 2.49. The van der Waals surface area contributed by atoms with Crippen LogP contribution in [0.4, 0.5) is 4.79 Å². The van der Waals surface area contributed by atoms with Crippen LogP contribution < -0.4 is 0 Å². The third-order valence-electron chi connectivity index (χ3n) is 4.53. The zero-order valence-corrected chi connectivity index (χ0v) is 16.4. The van der Waals surface area contributed by atoms with E-state index in [0.29, 0.717) is 16.2 Å². The van der Waals surface area contributed by atoms with Gasteiger partial charge >= 0.3 is 6.09 Å². The first-order valence-corrected chi connectivity index (χ1v) is 10.4. The van der Waals surface area contributed by atoms with E-state index in [1.807, 2.05) is 0 Å². The molecule has 0 aromatic heterocycles. The van der Waals surface area contributed by atoms with Crippen molar-refractivity contribution < 1.29 is 17.9 Å². The van der Waals surface area contributed by atoms with Crippen LogP contribution in [0.1, 0.15) is 18.5 Å². The van der Waals surface area contributed by atoms with E-state index in [1.165, 1.54) is 4.90 Å². The van der Waals surface area contributed by atoms with Crippen molar-refractivity contribution in [3.05, 3.63) is 77.3 Å². The molecule has 1 fully saturated rings. The number of hydrogen-bond acceptors (Lipinski definition) is 4. The molecular formula is C20H20ClNO4S. The van der Waals surface area contributed by atoms with E-state index in [4.69, 9.17) is 16.3 Å². The molecule has 142 valence electrons. The summed E-state index contributed by atoms with van der Waals surface area (Å²) in [5.41, 5.74) is 0.979. The molecule has 1 saturated heterocycles. The van der Waals surface area contributed by atoms with E-state index in [9.17, 15) is 13.2 Å². The summed E-state index contributed by atoms with van der Waals surface area (Å²) in [7, 11) is -3.79. The minimum atomic E-state index is -3.79. The van der Waals surface area contributed by atoms with Crippen molar-refractivity contribution in [2.45, 2.75) is 23.1 Å². The van der Waals surface area contributed by atoms with E-state index < -0.39 is 27.2 Å². The second-order valence-corrected chi connectivity index (χ2v) is 8.71. The number of hydrogen-bond donors (Lipinski definition) is 0. The molecule has 1 aliphatic rings. The first-order valence-electron chi connectivity index (χ1n) is 8.52. The Morgan fingerprint density at radius 3 is 2.44 bits per heavy atom. The highest BCUT2D eigenvalue weighted by molar-refractivity contribution is 7.92. The van der Waals surface area contributed by atoms with Gasteiger partial charge in [-0.1, -0.05) is 54.6 Å². The molecule has 0 bridgehead atoms. The maximum atomic E-state index is 13.4. The van der Waals surface area contributed by atoms with Crippen LogP contribution in [0.15, 0.2) is 71.6 Å². The van der Waals surface area contributed by atoms with Crippen LogP contribution in [-0.4, -0.2) is 37.8 Å². The molecular weight excluding hydrogens is 386 g/mol. The molecule has 0 saturated carbocycles. The van der Waals surface area contributed by atoms with Gasteiger partial charge in [0.1, 0.15) is 5.25 Å². The molecule has 0 aliphatic carbocycles. The third-order valence-corrected chi connectivity index (χ3v) is 7.06. The number of carbonyl (C=O) groups is 1. The molecule has 7 heteroatoms. The third kappa shape index (κ3) is 3.59. The number of ether oxygens (including phenoxy) is 1. The van der Waals surface area contributed by atoms with Gasteiger partial charge < -0.3 is 4.74 Å². The molecule has 1 heterocycles. The van der Waals surface area contributed by atoms with Crippen molar-refractivity contribution in [1.29, 1.82) is 0 Å². The number of amides is 1. The normalized spacial score (nSPS) is 19.9. The second-order valence-electron chi connectivity index (χ2n) is 6.23. The van der Waals surface area contributed by atoms with Crippen LogP contribution in [0, 0.1) is 0 Å². The van der Waals surface area contributed by atoms with Crippen molar-refractivity contribution in [2.24, 2.45) is 0 Å². The number of benzene rings is 2. The quantitative estimate of drug-likeness (QED) is 0.713. The molecule has 0 spiro atoms. The Kier molecular flexibility index (Phi) is 5.58. The van der Waals surface area contributed by atoms with Crippen molar-refractivity contribution in [3.8, 4) is 0 Å². The Balaban J connectivity index is 2.15. The minimum Gasteiger partial charge on any atom is -0.450 e. The summed E-state index contributed by atoms with van der Waals surface area (Å²) in [6, 6.07) is 14.3. The van der Waals surface area contributed by atoms with Crippen molar-refractivity contribution in [3.63, 3.8) is 0 Å². The molecule has 2 aromatic rings. The number of rotatable bonds is 4. The fourth-order valence-corrected chi connectivity index (χ4v) is 5.59. The summed E-state index contributed by atoms with van der Waals surface area (Å²) in [5, 5.41) is -0.621. The summed E-state index contributed by atoms with van der Waals surface area (Å²) in [6.45, 7) is 5.93. The van der Waals surface area contributed by atoms with Gasteiger partial charge in [-0.25, -0.2) is 13.2 Å². The molecule has 2 aromatic carbocycles. The summed E-state index contributed by atoms with van der Waals surface area (Å²) < 4.78 is 31.9. The van der Waals surface area contributed by atoms with Gasteiger partial charge in [-0.2, -0.15) is 0 Å². The molecule has 0 N–H and O–H groups in total. The lowest BCUT2D eigenvalue weighted by Crippen LogP contribution is -2.36. The summed E-state index contributed by atoms with van der Waals surface area (Å²) in [5.74, 6) is 0. The Hall–Kier alpha value is -2.31. The standard InChI is InChI=1S/C20H20ClNO4S/c1-3-26-20(23)22-13-14(2)19(18(22)16-11-7-8-12-17(16)21)27(24,25)15-9-5-4-6-10-15/h4-12,18-19H,2-3,13H2,1H3/t18-,19+/m1/s1. The average molecular weight is 406 g/mol. The average Bonchev–Trinajstić information content (AvgIpc) is 3.01. The zero-order valence-electron chi connectivity index (χ0n) is 14.8. The minimum absolute atomic E-state index is 0.0887. The van der Waals surface area contributed by atoms with Gasteiger partial charge in [0, 0.05) is 11.6 Å². The molecule has 1 aliphatic heterocycles.